The second-order valence-electron chi connectivity index (χ2n) is 3.35. The number of alkyl halides is 1. The van der Waals surface area contributed by atoms with E-state index in [2.05, 4.69) is 13.8 Å². The molecule has 1 rings (SSSR count). The number of halogens is 1. The van der Waals surface area contributed by atoms with Crippen molar-refractivity contribution in [1.29, 1.82) is 0 Å². The zero-order valence-electron chi connectivity index (χ0n) is 6.23. The van der Waals surface area contributed by atoms with E-state index in [-0.39, 0.29) is 0 Å². The average Bonchev–Trinajstić information content (AvgIpc) is 2.13. The van der Waals surface area contributed by atoms with E-state index in [0.717, 1.165) is 19.3 Å². The molecule has 1 fully saturated rings. The first-order valence-corrected chi connectivity index (χ1v) is 3.86. The lowest BCUT2D eigenvalue weighted by atomic mass is 9.93. The zero-order chi connectivity index (χ0) is 6.85. The third-order valence-corrected chi connectivity index (χ3v) is 2.34. The van der Waals surface area contributed by atoms with Crippen molar-refractivity contribution in [3.05, 3.63) is 0 Å². The highest BCUT2D eigenvalue weighted by atomic mass is 19.1. The molecule has 1 aliphatic rings. The largest absolute Gasteiger partial charge is 0.247 e. The fourth-order valence-electron chi connectivity index (χ4n) is 1.69. The summed E-state index contributed by atoms with van der Waals surface area (Å²) in [5.41, 5.74) is 0. The number of hydrogen-bond acceptors (Lipinski definition) is 0. The standard InChI is InChI=1S/C8H15F/c1-6(2)7-4-3-5-8(7)9/h6-8H,3-5H2,1-2H3/t7?,8-/m0/s1. The highest BCUT2D eigenvalue weighted by Gasteiger charge is 2.28. The van der Waals surface area contributed by atoms with Crippen molar-refractivity contribution in [2.75, 3.05) is 0 Å². The van der Waals surface area contributed by atoms with Gasteiger partial charge in [0.1, 0.15) is 6.17 Å². The maximum absolute atomic E-state index is 12.8. The number of rotatable bonds is 1. The van der Waals surface area contributed by atoms with Crippen molar-refractivity contribution in [3.63, 3.8) is 0 Å². The van der Waals surface area contributed by atoms with Gasteiger partial charge < -0.3 is 0 Å². The minimum Gasteiger partial charge on any atom is -0.247 e. The Morgan fingerprint density at radius 2 is 2.00 bits per heavy atom. The molecule has 0 heterocycles. The van der Waals surface area contributed by atoms with Crippen LogP contribution in [0.5, 0.6) is 0 Å². The molecule has 0 nitrogen and oxygen atoms in total. The molecule has 1 saturated carbocycles. The van der Waals surface area contributed by atoms with Gasteiger partial charge in [0.05, 0.1) is 0 Å². The Kier molecular flexibility index (Phi) is 2.09. The normalized spacial score (nSPS) is 36.0. The van der Waals surface area contributed by atoms with Gasteiger partial charge in [-0.2, -0.15) is 0 Å². The van der Waals surface area contributed by atoms with Gasteiger partial charge >= 0.3 is 0 Å². The van der Waals surface area contributed by atoms with E-state index >= 15 is 0 Å². The van der Waals surface area contributed by atoms with Crippen LogP contribution in [0, 0.1) is 11.8 Å². The van der Waals surface area contributed by atoms with E-state index < -0.39 is 6.17 Å². The summed E-state index contributed by atoms with van der Waals surface area (Å²) < 4.78 is 12.8. The van der Waals surface area contributed by atoms with E-state index in [4.69, 9.17) is 0 Å². The van der Waals surface area contributed by atoms with E-state index in [1.165, 1.54) is 0 Å². The lowest BCUT2D eigenvalue weighted by molar-refractivity contribution is 0.215. The Bertz CT molecular complexity index is 88.6. The molecule has 0 aromatic heterocycles. The van der Waals surface area contributed by atoms with Crippen molar-refractivity contribution >= 4 is 0 Å². The Balaban J connectivity index is 2.40. The molecule has 0 N–H and O–H groups in total. The maximum Gasteiger partial charge on any atom is 0.103 e. The quantitative estimate of drug-likeness (QED) is 0.512. The van der Waals surface area contributed by atoms with Crippen LogP contribution < -0.4 is 0 Å². The molecule has 1 unspecified atom stereocenters. The van der Waals surface area contributed by atoms with Gasteiger partial charge in [-0.05, 0) is 24.7 Å². The first-order chi connectivity index (χ1) is 4.22. The maximum atomic E-state index is 12.8. The van der Waals surface area contributed by atoms with Crippen molar-refractivity contribution in [1.82, 2.24) is 0 Å². The monoisotopic (exact) mass is 130 g/mol. The summed E-state index contributed by atoms with van der Waals surface area (Å²) in [7, 11) is 0. The third-order valence-electron chi connectivity index (χ3n) is 2.34. The Morgan fingerprint density at radius 1 is 1.33 bits per heavy atom. The van der Waals surface area contributed by atoms with Crippen molar-refractivity contribution < 1.29 is 4.39 Å². The van der Waals surface area contributed by atoms with Gasteiger partial charge in [-0.15, -0.1) is 0 Å². The van der Waals surface area contributed by atoms with Crippen molar-refractivity contribution in [3.8, 4) is 0 Å². The summed E-state index contributed by atoms with van der Waals surface area (Å²) in [6.45, 7) is 4.23. The van der Waals surface area contributed by atoms with Gasteiger partial charge in [0.25, 0.3) is 0 Å². The molecule has 54 valence electrons. The summed E-state index contributed by atoms with van der Waals surface area (Å²) >= 11 is 0. The van der Waals surface area contributed by atoms with Crippen LogP contribution in [0.3, 0.4) is 0 Å². The smallest absolute Gasteiger partial charge is 0.103 e. The second kappa shape index (κ2) is 2.68. The summed E-state index contributed by atoms with van der Waals surface area (Å²) in [5.74, 6) is 0.910. The SMILES string of the molecule is CC(C)C1CCC[C@@H]1F. The fraction of sp³-hybridized carbons (Fsp3) is 1.00. The first-order valence-electron chi connectivity index (χ1n) is 3.86. The summed E-state index contributed by atoms with van der Waals surface area (Å²) in [4.78, 5) is 0. The topological polar surface area (TPSA) is 0 Å². The highest BCUT2D eigenvalue weighted by Crippen LogP contribution is 2.33. The number of hydrogen-bond donors (Lipinski definition) is 0. The molecule has 0 aromatic rings. The Hall–Kier alpha value is -0.0700. The summed E-state index contributed by atoms with van der Waals surface area (Å²) in [6, 6.07) is 0. The van der Waals surface area contributed by atoms with E-state index in [1.807, 2.05) is 0 Å². The lowest BCUT2D eigenvalue weighted by Gasteiger charge is -2.15. The van der Waals surface area contributed by atoms with Crippen LogP contribution in [0.15, 0.2) is 0 Å². The minimum atomic E-state index is -0.495. The molecule has 1 heteroatoms. The first kappa shape index (κ1) is 7.04. The van der Waals surface area contributed by atoms with Gasteiger partial charge in [0.2, 0.25) is 0 Å². The molecule has 0 saturated heterocycles. The van der Waals surface area contributed by atoms with Crippen LogP contribution >= 0.6 is 0 Å². The molecule has 0 bridgehead atoms. The summed E-state index contributed by atoms with van der Waals surface area (Å²) in [6.07, 6.45) is 2.52. The Labute approximate surface area is 56.5 Å². The average molecular weight is 130 g/mol. The van der Waals surface area contributed by atoms with Crippen LogP contribution in [0.2, 0.25) is 0 Å². The van der Waals surface area contributed by atoms with Crippen LogP contribution in [0.4, 0.5) is 4.39 Å². The minimum absolute atomic E-state index is 0.366. The second-order valence-corrected chi connectivity index (χ2v) is 3.35. The zero-order valence-corrected chi connectivity index (χ0v) is 6.23. The van der Waals surface area contributed by atoms with Gasteiger partial charge in [-0.1, -0.05) is 20.3 Å². The Morgan fingerprint density at radius 3 is 2.22 bits per heavy atom. The fourth-order valence-corrected chi connectivity index (χ4v) is 1.69. The van der Waals surface area contributed by atoms with Crippen molar-refractivity contribution in [2.45, 2.75) is 39.3 Å². The predicted octanol–water partition coefficient (Wildman–Crippen LogP) is 2.78. The van der Waals surface area contributed by atoms with Crippen LogP contribution in [0.1, 0.15) is 33.1 Å². The van der Waals surface area contributed by atoms with Gasteiger partial charge in [-0.3, -0.25) is 0 Å². The van der Waals surface area contributed by atoms with Crippen LogP contribution in [0.25, 0.3) is 0 Å². The van der Waals surface area contributed by atoms with Gasteiger partial charge in [-0.25, -0.2) is 4.39 Å². The highest BCUT2D eigenvalue weighted by molar-refractivity contribution is 4.78. The van der Waals surface area contributed by atoms with E-state index in [9.17, 15) is 4.39 Å². The molecular formula is C8H15F. The van der Waals surface area contributed by atoms with Gasteiger partial charge in [0, 0.05) is 0 Å². The van der Waals surface area contributed by atoms with Crippen molar-refractivity contribution in [2.24, 2.45) is 11.8 Å². The molecule has 0 aliphatic heterocycles. The molecule has 0 aromatic carbocycles. The molecule has 0 amide bonds. The third kappa shape index (κ3) is 1.44. The molecule has 0 radical (unpaired) electrons. The van der Waals surface area contributed by atoms with E-state index in [0.29, 0.717) is 11.8 Å². The predicted molar refractivity (Wildman–Crippen MR) is 37.1 cm³/mol. The van der Waals surface area contributed by atoms with E-state index in [1.54, 1.807) is 0 Å². The molecule has 2 atom stereocenters. The lowest BCUT2D eigenvalue weighted by Crippen LogP contribution is -2.14. The molecule has 9 heavy (non-hydrogen) atoms. The molecular weight excluding hydrogens is 115 g/mol. The molecule has 1 aliphatic carbocycles. The van der Waals surface area contributed by atoms with Gasteiger partial charge in [0.15, 0.2) is 0 Å². The van der Waals surface area contributed by atoms with Crippen LogP contribution in [-0.2, 0) is 0 Å². The summed E-state index contributed by atoms with van der Waals surface area (Å²) in [5, 5.41) is 0. The van der Waals surface area contributed by atoms with Crippen LogP contribution in [-0.4, -0.2) is 6.17 Å². The molecule has 0 spiro atoms.